The molecule has 0 aromatic heterocycles. The van der Waals surface area contributed by atoms with Crippen LogP contribution in [0.5, 0.6) is 0 Å². The summed E-state index contributed by atoms with van der Waals surface area (Å²) >= 11 is 0. The first-order chi connectivity index (χ1) is 9.73. The van der Waals surface area contributed by atoms with Crippen LogP contribution in [0.3, 0.4) is 0 Å². The van der Waals surface area contributed by atoms with Gasteiger partial charge >= 0.3 is 12.1 Å². The van der Waals surface area contributed by atoms with E-state index in [9.17, 15) is 28.2 Å². The highest BCUT2D eigenvalue weighted by Crippen LogP contribution is 2.42. The Morgan fingerprint density at radius 3 is 2.48 bits per heavy atom. The number of aliphatic hydroxyl groups is 2. The second-order valence-corrected chi connectivity index (χ2v) is 5.15. The van der Waals surface area contributed by atoms with Gasteiger partial charge in [0.2, 0.25) is 0 Å². The van der Waals surface area contributed by atoms with Crippen molar-refractivity contribution in [2.45, 2.75) is 43.2 Å². The second-order valence-electron chi connectivity index (χ2n) is 5.15. The molecule has 3 atom stereocenters. The zero-order valence-electron chi connectivity index (χ0n) is 11.0. The normalized spacial score (nSPS) is 30.0. The Labute approximate surface area is 119 Å². The van der Waals surface area contributed by atoms with Crippen LogP contribution in [-0.4, -0.2) is 40.2 Å². The molecule has 0 saturated heterocycles. The van der Waals surface area contributed by atoms with Gasteiger partial charge in [-0.15, -0.1) is 0 Å². The van der Waals surface area contributed by atoms with Gasteiger partial charge in [-0.2, -0.15) is 13.2 Å². The SMILES string of the molecule is O=C(OC1CC(O)(C(F)(F)F)CCC1O)c1ccccc1. The van der Waals surface area contributed by atoms with Gasteiger partial charge in [0.05, 0.1) is 11.7 Å². The van der Waals surface area contributed by atoms with Crippen molar-refractivity contribution in [1.29, 1.82) is 0 Å². The number of rotatable bonds is 2. The molecule has 0 amide bonds. The molecule has 2 rings (SSSR count). The third-order valence-corrected chi connectivity index (χ3v) is 3.62. The zero-order valence-corrected chi connectivity index (χ0v) is 11.0. The zero-order chi connectivity index (χ0) is 15.7. The van der Waals surface area contributed by atoms with Crippen LogP contribution in [0.15, 0.2) is 30.3 Å². The van der Waals surface area contributed by atoms with Gasteiger partial charge < -0.3 is 14.9 Å². The Hall–Kier alpha value is -1.60. The van der Waals surface area contributed by atoms with Crippen molar-refractivity contribution >= 4 is 5.97 Å². The molecular formula is C14H15F3O4. The van der Waals surface area contributed by atoms with Gasteiger partial charge in [-0.25, -0.2) is 4.79 Å². The number of carbonyl (C=O) groups excluding carboxylic acids is 1. The van der Waals surface area contributed by atoms with Crippen molar-refractivity contribution in [2.75, 3.05) is 0 Å². The number of halogens is 3. The number of ether oxygens (including phenoxy) is 1. The fourth-order valence-corrected chi connectivity index (χ4v) is 2.30. The highest BCUT2D eigenvalue weighted by molar-refractivity contribution is 5.89. The van der Waals surface area contributed by atoms with Gasteiger partial charge in [0, 0.05) is 6.42 Å². The third kappa shape index (κ3) is 3.36. The lowest BCUT2D eigenvalue weighted by atomic mass is 9.81. The van der Waals surface area contributed by atoms with Gasteiger partial charge in [-0.3, -0.25) is 0 Å². The van der Waals surface area contributed by atoms with Crippen molar-refractivity contribution in [2.24, 2.45) is 0 Å². The monoisotopic (exact) mass is 304 g/mol. The number of aliphatic hydroxyl groups excluding tert-OH is 1. The predicted molar refractivity (Wildman–Crippen MR) is 66.5 cm³/mol. The molecule has 0 heterocycles. The topological polar surface area (TPSA) is 66.8 Å². The van der Waals surface area contributed by atoms with Crippen LogP contribution < -0.4 is 0 Å². The molecule has 0 bridgehead atoms. The fourth-order valence-electron chi connectivity index (χ4n) is 2.30. The molecule has 0 aliphatic heterocycles. The number of hydrogen-bond acceptors (Lipinski definition) is 4. The van der Waals surface area contributed by atoms with Crippen LogP contribution in [0, 0.1) is 0 Å². The van der Waals surface area contributed by atoms with Crippen LogP contribution in [0.4, 0.5) is 13.2 Å². The minimum atomic E-state index is -4.83. The molecule has 1 aliphatic carbocycles. The van der Waals surface area contributed by atoms with E-state index in [1.165, 1.54) is 12.1 Å². The summed E-state index contributed by atoms with van der Waals surface area (Å²) < 4.78 is 43.4. The summed E-state index contributed by atoms with van der Waals surface area (Å²) in [4.78, 5) is 11.8. The molecule has 21 heavy (non-hydrogen) atoms. The largest absolute Gasteiger partial charge is 0.456 e. The van der Waals surface area contributed by atoms with Gasteiger partial charge in [0.15, 0.2) is 5.60 Å². The van der Waals surface area contributed by atoms with E-state index < -0.39 is 42.8 Å². The molecule has 1 aliphatic rings. The first-order valence-corrected chi connectivity index (χ1v) is 6.46. The Balaban J connectivity index is 2.10. The standard InChI is InChI=1S/C14H15F3O4/c15-14(16,17)13(20)7-6-10(18)11(8-13)21-12(19)9-4-2-1-3-5-9/h1-5,10-11,18,20H,6-8H2. The summed E-state index contributed by atoms with van der Waals surface area (Å²) in [6.45, 7) is 0. The summed E-state index contributed by atoms with van der Waals surface area (Å²) in [7, 11) is 0. The average Bonchev–Trinajstić information content (AvgIpc) is 2.43. The summed E-state index contributed by atoms with van der Waals surface area (Å²) in [5, 5.41) is 19.4. The molecule has 1 aromatic carbocycles. The molecule has 0 spiro atoms. The molecule has 0 radical (unpaired) electrons. The molecule has 1 saturated carbocycles. The van der Waals surface area contributed by atoms with Crippen LogP contribution >= 0.6 is 0 Å². The summed E-state index contributed by atoms with van der Waals surface area (Å²) in [6.07, 6.45) is -9.21. The number of carbonyl (C=O) groups is 1. The number of benzene rings is 1. The smallest absolute Gasteiger partial charge is 0.417 e. The Morgan fingerprint density at radius 1 is 1.29 bits per heavy atom. The molecule has 1 aromatic rings. The maximum Gasteiger partial charge on any atom is 0.417 e. The third-order valence-electron chi connectivity index (χ3n) is 3.62. The quantitative estimate of drug-likeness (QED) is 0.821. The molecule has 4 nitrogen and oxygen atoms in total. The second kappa shape index (κ2) is 5.65. The first-order valence-electron chi connectivity index (χ1n) is 6.46. The minimum absolute atomic E-state index is 0.172. The number of hydrogen-bond donors (Lipinski definition) is 2. The molecule has 116 valence electrons. The van der Waals surface area contributed by atoms with E-state index in [-0.39, 0.29) is 12.0 Å². The Morgan fingerprint density at radius 2 is 1.90 bits per heavy atom. The van der Waals surface area contributed by atoms with E-state index in [1.54, 1.807) is 18.2 Å². The van der Waals surface area contributed by atoms with E-state index in [1.807, 2.05) is 0 Å². The highest BCUT2D eigenvalue weighted by Gasteiger charge is 2.57. The van der Waals surface area contributed by atoms with Crippen LogP contribution in [-0.2, 0) is 4.74 Å². The molecule has 1 fully saturated rings. The van der Waals surface area contributed by atoms with Crippen LogP contribution in [0.25, 0.3) is 0 Å². The summed E-state index contributed by atoms with van der Waals surface area (Å²) in [5.74, 6) is -0.828. The van der Waals surface area contributed by atoms with Crippen molar-refractivity contribution in [3.8, 4) is 0 Å². The Bertz CT molecular complexity index is 503. The Kier molecular flexibility index (Phi) is 4.25. The van der Waals surface area contributed by atoms with Gasteiger partial charge in [0.25, 0.3) is 0 Å². The molecule has 7 heteroatoms. The van der Waals surface area contributed by atoms with Crippen molar-refractivity contribution in [3.63, 3.8) is 0 Å². The van der Waals surface area contributed by atoms with Gasteiger partial charge in [-0.1, -0.05) is 18.2 Å². The molecular weight excluding hydrogens is 289 g/mol. The maximum absolute atomic E-state index is 12.8. The van der Waals surface area contributed by atoms with Crippen LogP contribution in [0.2, 0.25) is 0 Å². The summed E-state index contributed by atoms with van der Waals surface area (Å²) in [6, 6.07) is 7.75. The van der Waals surface area contributed by atoms with E-state index in [0.717, 1.165) is 0 Å². The lowest BCUT2D eigenvalue weighted by molar-refractivity contribution is -0.283. The number of esters is 1. The summed E-state index contributed by atoms with van der Waals surface area (Å²) in [5.41, 5.74) is -2.76. The molecule has 3 unspecified atom stereocenters. The maximum atomic E-state index is 12.8. The van der Waals surface area contributed by atoms with Crippen molar-refractivity contribution in [1.82, 2.24) is 0 Å². The van der Waals surface area contributed by atoms with E-state index in [0.29, 0.717) is 0 Å². The number of alkyl halides is 3. The van der Waals surface area contributed by atoms with E-state index >= 15 is 0 Å². The van der Waals surface area contributed by atoms with Crippen LogP contribution in [0.1, 0.15) is 29.6 Å². The fraction of sp³-hybridized carbons (Fsp3) is 0.500. The highest BCUT2D eigenvalue weighted by atomic mass is 19.4. The lowest BCUT2D eigenvalue weighted by Gasteiger charge is -2.39. The van der Waals surface area contributed by atoms with E-state index in [2.05, 4.69) is 0 Å². The van der Waals surface area contributed by atoms with Gasteiger partial charge in [0.1, 0.15) is 6.10 Å². The van der Waals surface area contributed by atoms with Gasteiger partial charge in [-0.05, 0) is 25.0 Å². The van der Waals surface area contributed by atoms with E-state index in [4.69, 9.17) is 4.74 Å². The van der Waals surface area contributed by atoms with Crippen molar-refractivity contribution in [3.05, 3.63) is 35.9 Å². The first kappa shape index (κ1) is 15.8. The van der Waals surface area contributed by atoms with Crippen molar-refractivity contribution < 1.29 is 32.9 Å². The predicted octanol–water partition coefficient (Wildman–Crippen LogP) is 2.05. The average molecular weight is 304 g/mol. The minimum Gasteiger partial charge on any atom is -0.456 e. The lowest BCUT2D eigenvalue weighted by Crippen LogP contribution is -2.54. The molecule has 2 N–H and O–H groups in total.